The number of nitriles is 1. The highest BCUT2D eigenvalue weighted by Crippen LogP contribution is 1.62. The topological polar surface area (TPSA) is 49.8 Å². The monoisotopic (exact) mass is 80.1 g/mol. The van der Waals surface area contributed by atoms with Gasteiger partial charge in [0.15, 0.2) is 7.41 Å². The number of rotatable bonds is 2. The molecule has 0 rings (SSSR count). The van der Waals surface area contributed by atoms with E-state index < -0.39 is 0 Å². The van der Waals surface area contributed by atoms with Crippen LogP contribution in [0.25, 0.3) is 0 Å². The molecule has 0 amide bonds. The second-order valence-electron chi connectivity index (χ2n) is 1.05. The molecule has 30 valence electrons. The highest BCUT2D eigenvalue weighted by Gasteiger charge is 1.82. The molecule has 0 saturated heterocycles. The van der Waals surface area contributed by atoms with Gasteiger partial charge >= 0.3 is 0 Å². The molecule has 0 unspecified atom stereocenters. The van der Waals surface area contributed by atoms with E-state index in [0.717, 1.165) is 6.22 Å². The Bertz CT molecular complexity index is 57.1. The summed E-state index contributed by atoms with van der Waals surface area (Å²) in [6, 6.07) is 0. The molecule has 0 aliphatic rings. The normalized spacial score (nSPS) is 6.00. The molecule has 0 spiro atoms. The zero-order chi connectivity index (χ0) is 4.83. The molecule has 2 N–H and O–H groups in total. The maximum atomic E-state index is 7.89. The highest BCUT2D eigenvalue weighted by atomic mass is 14.3. The molecule has 0 radical (unpaired) electrons. The van der Waals surface area contributed by atoms with Crippen LogP contribution < -0.4 is 5.64 Å². The van der Waals surface area contributed by atoms with Gasteiger partial charge in [-0.3, -0.25) is 0 Å². The largest absolute Gasteiger partial charge is 0.373 e. The van der Waals surface area contributed by atoms with E-state index in [9.17, 15) is 0 Å². The van der Waals surface area contributed by atoms with E-state index in [0.29, 0.717) is 14.7 Å². The second kappa shape index (κ2) is 4.58. The van der Waals surface area contributed by atoms with Crippen molar-refractivity contribution in [2.45, 2.75) is 6.22 Å². The first-order chi connectivity index (χ1) is 2.91. The van der Waals surface area contributed by atoms with Gasteiger partial charge < -0.3 is 5.64 Å². The summed E-state index contributed by atoms with van der Waals surface area (Å²) in [7, 11) is 1.23. The summed E-state index contributed by atoms with van der Waals surface area (Å²) in [5, 5.41) is 7.89. The molecule has 0 aliphatic carbocycles. The van der Waals surface area contributed by atoms with Crippen LogP contribution in [0.4, 0.5) is 0 Å². The maximum Gasteiger partial charge on any atom is 0.244 e. The lowest BCUT2D eigenvalue weighted by Crippen LogP contribution is -2.06. The molecule has 6 heavy (non-hydrogen) atoms. The van der Waals surface area contributed by atoms with Crippen LogP contribution in [0.2, 0.25) is 6.22 Å². The van der Waals surface area contributed by atoms with Crippen LogP contribution in [0, 0.1) is 11.2 Å². The first kappa shape index (κ1) is 5.58. The molecule has 0 aliphatic heterocycles. The Kier molecular flexibility index (Phi) is 4.26. The van der Waals surface area contributed by atoms with Gasteiger partial charge in [0.2, 0.25) is 7.28 Å². The average Bonchev–Trinajstić information content (AvgIpc) is 1.61. The van der Waals surface area contributed by atoms with Crippen molar-refractivity contribution < 1.29 is 0 Å². The molecule has 0 aromatic rings. The van der Waals surface area contributed by atoms with E-state index >= 15 is 0 Å². The van der Waals surface area contributed by atoms with E-state index in [1.165, 1.54) is 0 Å². The molecular formula is C2H6B2N2. The number of nitrogens with two attached hydrogens (primary N) is 1. The molecule has 0 saturated carbocycles. The maximum absolute atomic E-state index is 7.89. The van der Waals surface area contributed by atoms with Gasteiger partial charge in [-0.25, -0.2) is 5.26 Å². The summed E-state index contributed by atoms with van der Waals surface area (Å²) >= 11 is 0. The van der Waals surface area contributed by atoms with E-state index in [-0.39, 0.29) is 0 Å². The van der Waals surface area contributed by atoms with E-state index in [1.54, 1.807) is 0 Å². The van der Waals surface area contributed by atoms with E-state index in [1.807, 2.05) is 5.97 Å². The van der Waals surface area contributed by atoms with Gasteiger partial charge in [-0.15, -0.1) is 0 Å². The van der Waals surface area contributed by atoms with Crippen molar-refractivity contribution in [3.8, 4) is 5.97 Å². The summed E-state index contributed by atoms with van der Waals surface area (Å²) in [5.41, 5.74) is 5.06. The van der Waals surface area contributed by atoms with Crippen molar-refractivity contribution in [2.24, 2.45) is 5.64 Å². The van der Waals surface area contributed by atoms with Gasteiger partial charge in [0.05, 0.1) is 0 Å². The Morgan fingerprint density at radius 1 is 1.83 bits per heavy atom. The molecule has 4 heteroatoms. The van der Waals surface area contributed by atoms with Crippen molar-refractivity contribution in [1.82, 2.24) is 0 Å². The van der Waals surface area contributed by atoms with Gasteiger partial charge in [-0.05, 0) is 5.97 Å². The fourth-order valence-electron chi connectivity index (χ4n) is 0.181. The lowest BCUT2D eigenvalue weighted by molar-refractivity contribution is 1.56. The molecular weight excluding hydrogens is 73.7 g/mol. The predicted octanol–water partition coefficient (Wildman–Crippen LogP) is -1.41. The number of hydrogen-bond acceptors (Lipinski definition) is 2. The summed E-state index contributed by atoms with van der Waals surface area (Å²) in [6.07, 6.45) is 0.830. The smallest absolute Gasteiger partial charge is 0.244 e. The predicted molar refractivity (Wildman–Crippen MR) is 28.9 cm³/mol. The van der Waals surface area contributed by atoms with Crippen molar-refractivity contribution >= 4 is 14.7 Å². The first-order valence-electron chi connectivity index (χ1n) is 1.99. The molecule has 0 fully saturated rings. The fourth-order valence-corrected chi connectivity index (χ4v) is 0.181. The third-order valence-corrected chi connectivity index (χ3v) is 0.493. The molecule has 2 nitrogen and oxygen atoms in total. The Hall–Kier alpha value is -0.420. The van der Waals surface area contributed by atoms with Crippen molar-refractivity contribution in [2.75, 3.05) is 0 Å². The SMILES string of the molecule is N#CBCBN. The van der Waals surface area contributed by atoms with Gasteiger partial charge in [-0.1, -0.05) is 6.22 Å². The Balaban J connectivity index is 2.54. The van der Waals surface area contributed by atoms with Crippen LogP contribution in [-0.4, -0.2) is 14.7 Å². The zero-order valence-electron chi connectivity index (χ0n) is 3.65. The fraction of sp³-hybridized carbons (Fsp3) is 0.500. The first-order valence-corrected chi connectivity index (χ1v) is 1.99. The van der Waals surface area contributed by atoms with E-state index in [2.05, 4.69) is 0 Å². The standard InChI is InChI=1S/C2H6B2N2/c5-2-3-1-4-6/h3-4H,1,6H2. The molecule has 0 aromatic carbocycles. The van der Waals surface area contributed by atoms with Crippen LogP contribution in [0.15, 0.2) is 0 Å². The number of nitrogens with zero attached hydrogens (tertiary/aromatic N) is 1. The van der Waals surface area contributed by atoms with Gasteiger partial charge in [0.1, 0.15) is 0 Å². The second-order valence-corrected chi connectivity index (χ2v) is 1.05. The Morgan fingerprint density at radius 3 is 2.67 bits per heavy atom. The highest BCUT2D eigenvalue weighted by molar-refractivity contribution is 6.59. The number of hydrogen-bond donors (Lipinski definition) is 1. The Labute approximate surface area is 38.8 Å². The van der Waals surface area contributed by atoms with E-state index in [4.69, 9.17) is 10.9 Å². The van der Waals surface area contributed by atoms with Crippen LogP contribution in [0.1, 0.15) is 0 Å². The zero-order valence-corrected chi connectivity index (χ0v) is 3.65. The Morgan fingerprint density at radius 2 is 2.50 bits per heavy atom. The lowest BCUT2D eigenvalue weighted by Gasteiger charge is -1.71. The molecule has 0 bridgehead atoms. The van der Waals surface area contributed by atoms with Crippen LogP contribution in [0.5, 0.6) is 0 Å². The molecule has 0 heterocycles. The van der Waals surface area contributed by atoms with Gasteiger partial charge in [0.25, 0.3) is 0 Å². The average molecular weight is 79.7 g/mol. The van der Waals surface area contributed by atoms with Crippen LogP contribution in [-0.2, 0) is 0 Å². The van der Waals surface area contributed by atoms with Gasteiger partial charge in [0, 0.05) is 0 Å². The third-order valence-electron chi connectivity index (χ3n) is 0.493. The van der Waals surface area contributed by atoms with Crippen LogP contribution in [0.3, 0.4) is 0 Å². The molecule has 0 atom stereocenters. The van der Waals surface area contributed by atoms with Crippen molar-refractivity contribution in [3.05, 3.63) is 0 Å². The lowest BCUT2D eigenvalue weighted by atomic mass is 9.63. The summed E-state index contributed by atoms with van der Waals surface area (Å²) in [6.45, 7) is 0. The third kappa shape index (κ3) is 3.58. The quantitative estimate of drug-likeness (QED) is 0.327. The summed E-state index contributed by atoms with van der Waals surface area (Å²) in [5.74, 6) is 1.99. The molecule has 0 aromatic heterocycles. The van der Waals surface area contributed by atoms with Crippen LogP contribution >= 0.6 is 0 Å². The van der Waals surface area contributed by atoms with Crippen molar-refractivity contribution in [1.29, 1.82) is 5.26 Å². The van der Waals surface area contributed by atoms with Gasteiger partial charge in [-0.2, -0.15) is 0 Å². The van der Waals surface area contributed by atoms with Crippen molar-refractivity contribution in [3.63, 3.8) is 0 Å². The summed E-state index contributed by atoms with van der Waals surface area (Å²) < 4.78 is 0. The minimum Gasteiger partial charge on any atom is -0.373 e. The minimum absolute atomic E-state index is 0.594. The summed E-state index contributed by atoms with van der Waals surface area (Å²) in [4.78, 5) is 0. The minimum atomic E-state index is 0.594.